The number of carboxylic acid groups (broad SMARTS) is 1. The highest BCUT2D eigenvalue weighted by Crippen LogP contribution is 2.29. The van der Waals surface area contributed by atoms with E-state index in [1.54, 1.807) is 31.2 Å². The van der Waals surface area contributed by atoms with Crippen LogP contribution in [0.25, 0.3) is 21.7 Å². The first kappa shape index (κ1) is 17.7. The molecule has 0 aliphatic rings. The number of furan rings is 1. The molecule has 0 unspecified atom stereocenters. The van der Waals surface area contributed by atoms with Crippen LogP contribution in [0.15, 0.2) is 56.1 Å². The fourth-order valence-corrected chi connectivity index (χ4v) is 3.04. The number of hydrogen-bond donors (Lipinski definition) is 1. The van der Waals surface area contributed by atoms with Gasteiger partial charge >= 0.3 is 11.6 Å². The smallest absolute Gasteiger partial charge is 0.371 e. The molecule has 0 atom stereocenters. The van der Waals surface area contributed by atoms with Crippen LogP contribution in [0.5, 0.6) is 11.5 Å². The van der Waals surface area contributed by atoms with Gasteiger partial charge in [0.1, 0.15) is 29.4 Å². The maximum Gasteiger partial charge on any atom is 0.371 e. The third kappa shape index (κ3) is 3.07. The van der Waals surface area contributed by atoms with Crippen molar-refractivity contribution in [2.45, 2.75) is 13.5 Å². The number of methoxy groups -OCH3 is 1. The standard InChI is InChI=1S/C21H16O7/c1-11-12(7-19(27-11)20(22)23)10-26-14-4-6-16-15-5-3-13(25-2)8-17(15)21(24)28-18(16)9-14/h3-9H,10H2,1-2H3,(H,22,23). The molecule has 0 saturated heterocycles. The van der Waals surface area contributed by atoms with Crippen LogP contribution in [0.3, 0.4) is 0 Å². The summed E-state index contributed by atoms with van der Waals surface area (Å²) >= 11 is 0. The predicted molar refractivity (Wildman–Crippen MR) is 101 cm³/mol. The molecule has 4 aromatic rings. The Morgan fingerprint density at radius 3 is 2.46 bits per heavy atom. The number of carboxylic acids is 1. The van der Waals surface area contributed by atoms with Crippen LogP contribution in [-0.4, -0.2) is 18.2 Å². The van der Waals surface area contributed by atoms with E-state index in [1.165, 1.54) is 13.2 Å². The second-order valence-electron chi connectivity index (χ2n) is 6.24. The van der Waals surface area contributed by atoms with Gasteiger partial charge in [-0.25, -0.2) is 9.59 Å². The first-order chi connectivity index (χ1) is 13.5. The van der Waals surface area contributed by atoms with Gasteiger partial charge in [0, 0.05) is 22.4 Å². The number of carbonyl (C=O) groups is 1. The van der Waals surface area contributed by atoms with Gasteiger partial charge in [-0.2, -0.15) is 0 Å². The van der Waals surface area contributed by atoms with E-state index in [0.29, 0.717) is 33.8 Å². The molecule has 0 spiro atoms. The van der Waals surface area contributed by atoms with E-state index in [4.69, 9.17) is 23.4 Å². The zero-order valence-electron chi connectivity index (χ0n) is 15.1. The van der Waals surface area contributed by atoms with Gasteiger partial charge in [-0.15, -0.1) is 0 Å². The number of ether oxygens (including phenoxy) is 2. The topological polar surface area (TPSA) is 99.1 Å². The number of aryl methyl sites for hydroxylation is 1. The maximum absolute atomic E-state index is 12.3. The van der Waals surface area contributed by atoms with Gasteiger partial charge in [0.15, 0.2) is 0 Å². The highest BCUT2D eigenvalue weighted by atomic mass is 16.5. The molecular weight excluding hydrogens is 364 g/mol. The summed E-state index contributed by atoms with van der Waals surface area (Å²) in [6, 6.07) is 11.9. The van der Waals surface area contributed by atoms with Crippen LogP contribution >= 0.6 is 0 Å². The van der Waals surface area contributed by atoms with E-state index < -0.39 is 11.6 Å². The molecule has 2 heterocycles. The van der Waals surface area contributed by atoms with Crippen LogP contribution in [0, 0.1) is 6.92 Å². The lowest BCUT2D eigenvalue weighted by atomic mass is 10.1. The second-order valence-corrected chi connectivity index (χ2v) is 6.24. The molecule has 7 heteroatoms. The van der Waals surface area contributed by atoms with Crippen molar-refractivity contribution >= 4 is 27.7 Å². The van der Waals surface area contributed by atoms with Crippen molar-refractivity contribution in [3.8, 4) is 11.5 Å². The van der Waals surface area contributed by atoms with Crippen molar-refractivity contribution in [1.29, 1.82) is 0 Å². The van der Waals surface area contributed by atoms with Crippen molar-refractivity contribution in [2.24, 2.45) is 0 Å². The summed E-state index contributed by atoms with van der Waals surface area (Å²) in [5, 5.41) is 11.0. The van der Waals surface area contributed by atoms with Gasteiger partial charge < -0.3 is 23.4 Å². The van der Waals surface area contributed by atoms with Gasteiger partial charge in [-0.05, 0) is 43.3 Å². The Labute approximate surface area is 158 Å². The molecule has 28 heavy (non-hydrogen) atoms. The minimum atomic E-state index is -1.13. The molecule has 7 nitrogen and oxygen atoms in total. The zero-order chi connectivity index (χ0) is 19.8. The first-order valence-corrected chi connectivity index (χ1v) is 8.46. The van der Waals surface area contributed by atoms with Gasteiger partial charge in [0.25, 0.3) is 0 Å². The monoisotopic (exact) mass is 380 g/mol. The minimum Gasteiger partial charge on any atom is -0.497 e. The molecule has 142 valence electrons. The van der Waals surface area contributed by atoms with Crippen molar-refractivity contribution in [2.75, 3.05) is 7.11 Å². The summed E-state index contributed by atoms with van der Waals surface area (Å²) in [4.78, 5) is 23.3. The Balaban J connectivity index is 1.67. The first-order valence-electron chi connectivity index (χ1n) is 8.46. The minimum absolute atomic E-state index is 0.128. The molecule has 2 aromatic carbocycles. The molecule has 0 aliphatic heterocycles. The zero-order valence-corrected chi connectivity index (χ0v) is 15.1. The van der Waals surface area contributed by atoms with Crippen LogP contribution in [0.1, 0.15) is 21.9 Å². The fourth-order valence-electron chi connectivity index (χ4n) is 3.04. The molecule has 0 amide bonds. The molecule has 4 rings (SSSR count). The van der Waals surface area contributed by atoms with Crippen LogP contribution in [-0.2, 0) is 6.61 Å². The van der Waals surface area contributed by atoms with Gasteiger partial charge in [-0.3, -0.25) is 0 Å². The van der Waals surface area contributed by atoms with Gasteiger partial charge in [-0.1, -0.05) is 0 Å². The Bertz CT molecular complexity index is 1260. The predicted octanol–water partition coefficient (Wildman–Crippen LogP) is 4.13. The highest BCUT2D eigenvalue weighted by molar-refractivity contribution is 6.04. The summed E-state index contributed by atoms with van der Waals surface area (Å²) in [6.07, 6.45) is 0. The van der Waals surface area contributed by atoms with E-state index in [1.807, 2.05) is 12.1 Å². The van der Waals surface area contributed by atoms with E-state index in [-0.39, 0.29) is 12.4 Å². The number of rotatable bonds is 5. The molecule has 0 saturated carbocycles. The molecular formula is C21H16O7. The number of fused-ring (bicyclic) bond motifs is 3. The third-order valence-electron chi connectivity index (χ3n) is 4.52. The fraction of sp³-hybridized carbons (Fsp3) is 0.143. The lowest BCUT2D eigenvalue weighted by molar-refractivity contribution is 0.0661. The summed E-state index contributed by atoms with van der Waals surface area (Å²) < 4.78 is 21.5. The van der Waals surface area contributed by atoms with Gasteiger partial charge in [0.2, 0.25) is 5.76 Å². The lowest BCUT2D eigenvalue weighted by Crippen LogP contribution is -2.01. The average molecular weight is 380 g/mol. The molecule has 0 aliphatic carbocycles. The van der Waals surface area contributed by atoms with Crippen molar-refractivity contribution < 1.29 is 28.2 Å². The molecule has 0 radical (unpaired) electrons. The summed E-state index contributed by atoms with van der Waals surface area (Å²) in [7, 11) is 1.54. The Morgan fingerprint density at radius 2 is 1.75 bits per heavy atom. The molecule has 0 bridgehead atoms. The lowest BCUT2D eigenvalue weighted by Gasteiger charge is -2.08. The number of hydrogen-bond acceptors (Lipinski definition) is 6. The molecule has 0 fully saturated rings. The van der Waals surface area contributed by atoms with Crippen molar-refractivity contribution in [3.05, 3.63) is 70.0 Å². The third-order valence-corrected chi connectivity index (χ3v) is 4.52. The van der Waals surface area contributed by atoms with Crippen LogP contribution < -0.4 is 15.1 Å². The molecule has 1 N–H and O–H groups in total. The Kier molecular flexibility index (Phi) is 4.27. The quantitative estimate of drug-likeness (QED) is 0.410. The largest absolute Gasteiger partial charge is 0.497 e. The summed E-state index contributed by atoms with van der Waals surface area (Å²) in [5.41, 5.74) is 0.565. The number of benzene rings is 2. The van der Waals surface area contributed by atoms with E-state index in [9.17, 15) is 9.59 Å². The van der Waals surface area contributed by atoms with Crippen molar-refractivity contribution in [1.82, 2.24) is 0 Å². The second kappa shape index (κ2) is 6.77. The normalized spacial score (nSPS) is 11.1. The van der Waals surface area contributed by atoms with E-state index in [2.05, 4.69) is 0 Å². The summed E-state index contributed by atoms with van der Waals surface area (Å²) in [6.45, 7) is 1.80. The maximum atomic E-state index is 12.3. The van der Waals surface area contributed by atoms with Crippen LogP contribution in [0.2, 0.25) is 0 Å². The SMILES string of the molecule is COc1ccc2c(c1)c(=O)oc1cc(OCc3cc(C(=O)O)oc3C)ccc12. The number of aromatic carboxylic acids is 1. The molecule has 2 aromatic heterocycles. The Morgan fingerprint density at radius 1 is 1.00 bits per heavy atom. The summed E-state index contributed by atoms with van der Waals surface area (Å²) in [5.74, 6) is 0.272. The van der Waals surface area contributed by atoms with Gasteiger partial charge in [0.05, 0.1) is 12.5 Å². The average Bonchev–Trinajstić information content (AvgIpc) is 3.07. The van der Waals surface area contributed by atoms with E-state index in [0.717, 1.165) is 10.8 Å². The highest BCUT2D eigenvalue weighted by Gasteiger charge is 2.14. The van der Waals surface area contributed by atoms with E-state index >= 15 is 0 Å². The van der Waals surface area contributed by atoms with Crippen LogP contribution in [0.4, 0.5) is 0 Å². The Hall–Kier alpha value is -3.74. The van der Waals surface area contributed by atoms with Crippen molar-refractivity contribution in [3.63, 3.8) is 0 Å².